The Bertz CT molecular complexity index is 845. The Kier molecular flexibility index (Phi) is 30.9. The number of nitrogens with zero attached hydrogens (tertiary/aromatic N) is 1. The van der Waals surface area contributed by atoms with Crippen molar-refractivity contribution in [3.8, 4) is 0 Å². The zero-order chi connectivity index (χ0) is 35.8. The Balaban J connectivity index is 4.41. The maximum atomic E-state index is 12.6. The molecular weight excluding hydrogens is 629 g/mol. The van der Waals surface area contributed by atoms with Gasteiger partial charge in [0.05, 0.1) is 27.7 Å². The van der Waals surface area contributed by atoms with E-state index in [1.807, 2.05) is 21.1 Å². The number of likely N-dealkylation sites (N-methyl/N-ethyl adjacent to an activating group) is 1. The van der Waals surface area contributed by atoms with Gasteiger partial charge in [-0.1, -0.05) is 129 Å². The molecule has 48 heavy (non-hydrogen) atoms. The van der Waals surface area contributed by atoms with E-state index in [1.165, 1.54) is 83.5 Å². The number of hydrogen-bond donors (Lipinski definition) is 1. The van der Waals surface area contributed by atoms with Crippen LogP contribution in [-0.4, -0.2) is 74.9 Å². The van der Waals surface area contributed by atoms with Crippen LogP contribution in [0, 0.1) is 0 Å². The first-order chi connectivity index (χ1) is 23.0. The largest absolute Gasteiger partial charge is 0.472 e. The van der Waals surface area contributed by atoms with Crippen LogP contribution in [0.25, 0.3) is 0 Å². The van der Waals surface area contributed by atoms with Gasteiger partial charge in [-0.2, -0.15) is 0 Å². The molecule has 0 heterocycles. The Labute approximate surface area is 295 Å². The van der Waals surface area contributed by atoms with Gasteiger partial charge < -0.3 is 18.9 Å². The lowest BCUT2D eigenvalue weighted by atomic mass is 10.1. The number of allylic oxidation sites excluding steroid dienone is 2. The molecule has 0 spiro atoms. The third-order valence-corrected chi connectivity index (χ3v) is 9.28. The quantitative estimate of drug-likeness (QED) is 0.0228. The van der Waals surface area contributed by atoms with Crippen LogP contribution in [0.2, 0.25) is 0 Å². The lowest BCUT2D eigenvalue weighted by Crippen LogP contribution is -2.37. The minimum absolute atomic E-state index is 0.0331. The van der Waals surface area contributed by atoms with Gasteiger partial charge in [-0.25, -0.2) is 4.57 Å². The molecule has 0 aromatic heterocycles. The number of esters is 2. The summed E-state index contributed by atoms with van der Waals surface area (Å²) in [6.07, 6.45) is 29.7. The standard InChI is InChI=1S/C38H74NO8P/c1-6-8-10-12-14-16-18-19-20-21-23-24-26-28-30-37(40)44-34-36(35-46-48(42,43)45-33-32-39(3,4)5)47-38(41)31-29-27-25-22-17-15-13-11-9-7-2/h18-19,36H,6-17,20-35H2,1-5H3/p+1/b19-18+/t36-/m0/s1. The van der Waals surface area contributed by atoms with Gasteiger partial charge in [-0.3, -0.25) is 18.6 Å². The predicted octanol–water partition coefficient (Wildman–Crippen LogP) is 10.2. The third-order valence-electron chi connectivity index (χ3n) is 8.30. The van der Waals surface area contributed by atoms with Gasteiger partial charge in [0.25, 0.3) is 0 Å². The van der Waals surface area contributed by atoms with Crippen molar-refractivity contribution in [2.75, 3.05) is 47.5 Å². The van der Waals surface area contributed by atoms with E-state index in [2.05, 4.69) is 26.0 Å². The van der Waals surface area contributed by atoms with Gasteiger partial charge in [0.2, 0.25) is 0 Å². The molecule has 1 unspecified atom stereocenters. The maximum Gasteiger partial charge on any atom is 0.472 e. The molecule has 0 aliphatic heterocycles. The number of carbonyl (C=O) groups excluding carboxylic acids is 2. The maximum absolute atomic E-state index is 12.6. The molecule has 0 rings (SSSR count). The molecule has 0 aromatic rings. The average Bonchev–Trinajstić information content (AvgIpc) is 3.02. The van der Waals surface area contributed by atoms with Crippen LogP contribution in [-0.2, 0) is 32.7 Å². The number of quaternary nitrogens is 1. The van der Waals surface area contributed by atoms with Gasteiger partial charge >= 0.3 is 19.8 Å². The van der Waals surface area contributed by atoms with Gasteiger partial charge in [-0.05, 0) is 38.5 Å². The van der Waals surface area contributed by atoms with Crippen molar-refractivity contribution in [2.24, 2.45) is 0 Å². The highest BCUT2D eigenvalue weighted by Gasteiger charge is 2.27. The minimum atomic E-state index is -4.36. The smallest absolute Gasteiger partial charge is 0.462 e. The van der Waals surface area contributed by atoms with Crippen molar-refractivity contribution < 1.29 is 42.1 Å². The summed E-state index contributed by atoms with van der Waals surface area (Å²) < 4.78 is 34.1. The summed E-state index contributed by atoms with van der Waals surface area (Å²) in [4.78, 5) is 35.1. The second-order valence-electron chi connectivity index (χ2n) is 14.3. The SMILES string of the molecule is CCCCCCC/C=C/CCCCCCCC(=O)OC[C@@H](COP(=O)(O)OCC[N+](C)(C)C)OC(=O)CCCCCCCCCCCC. The number of ether oxygens (including phenoxy) is 2. The molecule has 2 atom stereocenters. The number of unbranched alkanes of at least 4 members (excludes halogenated alkanes) is 19. The zero-order valence-corrected chi connectivity index (χ0v) is 32.6. The Hall–Kier alpha value is -1.25. The first-order valence-electron chi connectivity index (χ1n) is 19.4. The summed E-state index contributed by atoms with van der Waals surface area (Å²) in [6, 6.07) is 0. The van der Waals surface area contributed by atoms with Crippen molar-refractivity contribution in [3.63, 3.8) is 0 Å². The van der Waals surface area contributed by atoms with Crippen LogP contribution in [0.4, 0.5) is 0 Å². The molecule has 9 nitrogen and oxygen atoms in total. The number of phosphoric acid groups is 1. The van der Waals surface area contributed by atoms with E-state index in [0.29, 0.717) is 17.4 Å². The molecule has 0 aromatic carbocycles. The molecule has 10 heteroatoms. The van der Waals surface area contributed by atoms with Crippen molar-refractivity contribution in [3.05, 3.63) is 12.2 Å². The fourth-order valence-electron chi connectivity index (χ4n) is 5.18. The zero-order valence-electron chi connectivity index (χ0n) is 31.7. The van der Waals surface area contributed by atoms with E-state index < -0.39 is 26.5 Å². The fourth-order valence-corrected chi connectivity index (χ4v) is 5.93. The minimum Gasteiger partial charge on any atom is -0.462 e. The number of hydrogen-bond acceptors (Lipinski definition) is 7. The van der Waals surface area contributed by atoms with Crippen LogP contribution >= 0.6 is 7.82 Å². The predicted molar refractivity (Wildman–Crippen MR) is 197 cm³/mol. The lowest BCUT2D eigenvalue weighted by molar-refractivity contribution is -0.870. The molecule has 284 valence electrons. The molecule has 0 fully saturated rings. The van der Waals surface area contributed by atoms with Crippen molar-refractivity contribution in [2.45, 2.75) is 174 Å². The number of carbonyl (C=O) groups is 2. The van der Waals surface area contributed by atoms with Gasteiger partial charge in [0, 0.05) is 12.8 Å². The number of rotatable bonds is 35. The molecule has 0 bridgehead atoms. The molecule has 0 saturated carbocycles. The van der Waals surface area contributed by atoms with E-state index in [-0.39, 0.29) is 32.0 Å². The first-order valence-corrected chi connectivity index (χ1v) is 20.9. The summed E-state index contributed by atoms with van der Waals surface area (Å²) in [7, 11) is 1.48. The molecule has 0 aliphatic carbocycles. The molecule has 0 radical (unpaired) electrons. The third kappa shape index (κ3) is 34.6. The fraction of sp³-hybridized carbons (Fsp3) is 0.895. The first kappa shape index (κ1) is 46.8. The summed E-state index contributed by atoms with van der Waals surface area (Å²) in [5, 5.41) is 0. The highest BCUT2D eigenvalue weighted by Crippen LogP contribution is 2.43. The van der Waals surface area contributed by atoms with E-state index in [9.17, 15) is 19.0 Å². The second kappa shape index (κ2) is 31.7. The second-order valence-corrected chi connectivity index (χ2v) is 15.8. The Morgan fingerprint density at radius 2 is 1.06 bits per heavy atom. The highest BCUT2D eigenvalue weighted by molar-refractivity contribution is 7.47. The van der Waals surface area contributed by atoms with Gasteiger partial charge in [0.15, 0.2) is 6.10 Å². The molecular formula is C38H75NO8P+. The van der Waals surface area contributed by atoms with Gasteiger partial charge in [0.1, 0.15) is 19.8 Å². The van der Waals surface area contributed by atoms with Crippen LogP contribution in [0.5, 0.6) is 0 Å². The number of phosphoric ester groups is 1. The monoisotopic (exact) mass is 705 g/mol. The van der Waals surface area contributed by atoms with E-state index in [0.717, 1.165) is 51.4 Å². The van der Waals surface area contributed by atoms with Crippen LogP contribution in [0.15, 0.2) is 12.2 Å². The summed E-state index contributed by atoms with van der Waals surface area (Å²) in [6.45, 7) is 4.38. The van der Waals surface area contributed by atoms with E-state index in [1.54, 1.807) is 0 Å². The molecule has 1 N–H and O–H groups in total. The average molecular weight is 705 g/mol. The Morgan fingerprint density at radius 1 is 0.625 bits per heavy atom. The van der Waals surface area contributed by atoms with Crippen molar-refractivity contribution in [1.82, 2.24) is 0 Å². The lowest BCUT2D eigenvalue weighted by Gasteiger charge is -2.24. The van der Waals surface area contributed by atoms with Gasteiger partial charge in [-0.15, -0.1) is 0 Å². The molecule has 0 aliphatic rings. The van der Waals surface area contributed by atoms with Crippen molar-refractivity contribution in [1.29, 1.82) is 0 Å². The van der Waals surface area contributed by atoms with E-state index in [4.69, 9.17) is 18.5 Å². The normalized spacial score (nSPS) is 13.9. The van der Waals surface area contributed by atoms with Crippen LogP contribution in [0.3, 0.4) is 0 Å². The summed E-state index contributed by atoms with van der Waals surface area (Å²) in [5.41, 5.74) is 0. The molecule has 0 saturated heterocycles. The summed E-state index contributed by atoms with van der Waals surface area (Å²) in [5.74, 6) is -0.807. The van der Waals surface area contributed by atoms with E-state index >= 15 is 0 Å². The molecule has 0 amide bonds. The summed E-state index contributed by atoms with van der Waals surface area (Å²) >= 11 is 0. The topological polar surface area (TPSA) is 108 Å². The Morgan fingerprint density at radius 3 is 1.54 bits per heavy atom. The van der Waals surface area contributed by atoms with Crippen LogP contribution in [0.1, 0.15) is 168 Å². The highest BCUT2D eigenvalue weighted by atomic mass is 31.2. The van der Waals surface area contributed by atoms with Crippen molar-refractivity contribution >= 4 is 19.8 Å². The van der Waals surface area contributed by atoms with Crippen LogP contribution < -0.4 is 0 Å².